The van der Waals surface area contributed by atoms with Crippen molar-refractivity contribution in [2.45, 2.75) is 13.8 Å². The van der Waals surface area contributed by atoms with Gasteiger partial charge in [-0.1, -0.05) is 36.4 Å². The summed E-state index contributed by atoms with van der Waals surface area (Å²) >= 11 is 0. The number of nitro groups is 2. The largest absolute Gasteiger partial charge is 0.478 e. The Balaban J connectivity index is 0.000000300. The Kier molecular flexibility index (Phi) is 8.58. The molecule has 2 rings (SSSR count). The highest BCUT2D eigenvalue weighted by atomic mass is 16.6. The lowest BCUT2D eigenvalue weighted by Crippen LogP contribution is -2.02. The second-order valence-corrected chi connectivity index (χ2v) is 5.56. The highest BCUT2D eigenvalue weighted by Gasteiger charge is 2.20. The topological polar surface area (TPSA) is 161 Å². The molecule has 2 N–H and O–H groups in total. The second-order valence-electron chi connectivity index (χ2n) is 5.56. The number of nitrogens with zero attached hydrogens (tertiary/aromatic N) is 2. The van der Waals surface area contributed by atoms with Crippen LogP contribution in [-0.2, 0) is 9.59 Å². The number of carboxylic acid groups (broad SMARTS) is 2. The molecule has 0 amide bonds. The maximum absolute atomic E-state index is 10.8. The maximum Gasteiger partial charge on any atom is 0.336 e. The lowest BCUT2D eigenvalue weighted by molar-refractivity contribution is -0.385. The fourth-order valence-electron chi connectivity index (χ4n) is 2.51. The first-order chi connectivity index (χ1) is 14.1. The van der Waals surface area contributed by atoms with Gasteiger partial charge >= 0.3 is 11.9 Å². The molecule has 0 bridgehead atoms. The van der Waals surface area contributed by atoms with Crippen LogP contribution in [-0.4, -0.2) is 32.0 Å². The first-order valence-corrected chi connectivity index (χ1v) is 8.42. The molecule has 0 spiro atoms. The fourth-order valence-corrected chi connectivity index (χ4v) is 2.51. The maximum atomic E-state index is 10.8. The summed E-state index contributed by atoms with van der Waals surface area (Å²) in [5.74, 6) is -2.35. The van der Waals surface area contributed by atoms with Gasteiger partial charge in [0.2, 0.25) is 0 Å². The quantitative estimate of drug-likeness (QED) is 0.404. The zero-order valence-corrected chi connectivity index (χ0v) is 16.0. The molecule has 0 atom stereocenters. The average molecular weight is 414 g/mol. The Morgan fingerprint density at radius 3 is 1.27 bits per heavy atom. The Labute approximate surface area is 170 Å². The van der Waals surface area contributed by atoms with Crippen LogP contribution in [0, 0.1) is 20.2 Å². The first kappa shape index (κ1) is 23.7. The summed E-state index contributed by atoms with van der Waals surface area (Å²) in [7, 11) is 0. The summed E-state index contributed by atoms with van der Waals surface area (Å²) in [5, 5.41) is 39.0. The van der Waals surface area contributed by atoms with Crippen molar-refractivity contribution in [1.82, 2.24) is 0 Å². The number of rotatable bonds is 6. The minimum absolute atomic E-state index is 0.0673. The standard InChI is InChI=1S/2C10H9NO4/c2*1-2-7(10(12)13)8-5-3-4-6-9(8)11(14)15/h2*2-6H,1H3,(H,12,13)/b2*7-2+. The highest BCUT2D eigenvalue weighted by molar-refractivity contribution is 6.17. The van der Waals surface area contributed by atoms with E-state index in [4.69, 9.17) is 10.2 Å². The predicted molar refractivity (Wildman–Crippen MR) is 109 cm³/mol. The normalized spacial score (nSPS) is 11.1. The van der Waals surface area contributed by atoms with Crippen LogP contribution in [0.25, 0.3) is 11.1 Å². The van der Waals surface area contributed by atoms with Gasteiger partial charge in [-0.25, -0.2) is 9.59 Å². The van der Waals surface area contributed by atoms with Crippen LogP contribution in [0.15, 0.2) is 60.7 Å². The van der Waals surface area contributed by atoms with E-state index in [-0.39, 0.29) is 33.6 Å². The van der Waals surface area contributed by atoms with Gasteiger partial charge in [0.15, 0.2) is 0 Å². The van der Waals surface area contributed by atoms with Crippen LogP contribution >= 0.6 is 0 Å². The van der Waals surface area contributed by atoms with Crippen LogP contribution in [0.1, 0.15) is 25.0 Å². The number of nitro benzene ring substituents is 2. The molecule has 0 radical (unpaired) electrons. The number of hydrogen-bond donors (Lipinski definition) is 2. The minimum Gasteiger partial charge on any atom is -0.478 e. The molecular formula is C20H18N2O8. The minimum atomic E-state index is -1.17. The SMILES string of the molecule is C/C=C(/C(=O)O)c1ccccc1[N+](=O)[O-].C/C=C(/C(=O)O)c1ccccc1[N+](=O)[O-]. The molecule has 0 aromatic heterocycles. The number of carboxylic acids is 2. The molecule has 0 saturated heterocycles. The lowest BCUT2D eigenvalue weighted by atomic mass is 10.0. The average Bonchev–Trinajstić information content (AvgIpc) is 2.69. The second kappa shape index (κ2) is 10.9. The van der Waals surface area contributed by atoms with Crippen molar-refractivity contribution in [1.29, 1.82) is 0 Å². The molecule has 0 fully saturated rings. The van der Waals surface area contributed by atoms with Gasteiger partial charge in [-0.3, -0.25) is 20.2 Å². The van der Waals surface area contributed by atoms with Crippen LogP contribution < -0.4 is 0 Å². The van der Waals surface area contributed by atoms with E-state index in [2.05, 4.69) is 0 Å². The number of allylic oxidation sites excluding steroid dienone is 2. The van der Waals surface area contributed by atoms with Crippen molar-refractivity contribution in [3.05, 3.63) is 92.0 Å². The van der Waals surface area contributed by atoms with Gasteiger partial charge in [0.1, 0.15) is 0 Å². The van der Waals surface area contributed by atoms with Crippen molar-refractivity contribution in [3.63, 3.8) is 0 Å². The fraction of sp³-hybridized carbons (Fsp3) is 0.100. The summed E-state index contributed by atoms with van der Waals surface area (Å²) in [6, 6.07) is 11.5. The number of aliphatic carboxylic acids is 2. The molecule has 156 valence electrons. The van der Waals surface area contributed by atoms with Gasteiger partial charge in [-0.15, -0.1) is 0 Å². The van der Waals surface area contributed by atoms with Crippen molar-refractivity contribution in [2.75, 3.05) is 0 Å². The lowest BCUT2D eigenvalue weighted by Gasteiger charge is -2.02. The van der Waals surface area contributed by atoms with Gasteiger partial charge in [-0.2, -0.15) is 0 Å². The van der Waals surface area contributed by atoms with E-state index in [0.717, 1.165) is 0 Å². The van der Waals surface area contributed by atoms with Crippen LogP contribution in [0.3, 0.4) is 0 Å². The number of carbonyl (C=O) groups is 2. The molecule has 0 heterocycles. The van der Waals surface area contributed by atoms with Gasteiger partial charge < -0.3 is 10.2 Å². The third kappa shape index (κ3) is 5.83. The number of hydrogen-bond acceptors (Lipinski definition) is 6. The summed E-state index contributed by atoms with van der Waals surface area (Å²) in [6.07, 6.45) is 2.68. The van der Waals surface area contributed by atoms with Crippen LogP contribution in [0.5, 0.6) is 0 Å². The molecule has 10 nitrogen and oxygen atoms in total. The zero-order valence-electron chi connectivity index (χ0n) is 16.0. The molecular weight excluding hydrogens is 396 g/mol. The van der Waals surface area contributed by atoms with E-state index in [0.29, 0.717) is 0 Å². The number of para-hydroxylation sites is 2. The summed E-state index contributed by atoms with van der Waals surface area (Å²) in [4.78, 5) is 41.7. The molecule has 10 heteroatoms. The molecule has 0 aliphatic carbocycles. The first-order valence-electron chi connectivity index (χ1n) is 8.42. The smallest absolute Gasteiger partial charge is 0.336 e. The van der Waals surface area contributed by atoms with E-state index >= 15 is 0 Å². The molecule has 2 aromatic carbocycles. The monoisotopic (exact) mass is 414 g/mol. The zero-order chi connectivity index (χ0) is 22.8. The van der Waals surface area contributed by atoms with Gasteiger partial charge in [0.25, 0.3) is 11.4 Å². The van der Waals surface area contributed by atoms with Crippen molar-refractivity contribution >= 4 is 34.5 Å². The van der Waals surface area contributed by atoms with Crippen LogP contribution in [0.4, 0.5) is 11.4 Å². The molecule has 0 unspecified atom stereocenters. The third-order valence-electron chi connectivity index (χ3n) is 3.82. The third-order valence-corrected chi connectivity index (χ3v) is 3.82. The highest BCUT2D eigenvalue weighted by Crippen LogP contribution is 2.26. The Bertz CT molecular complexity index is 957. The van der Waals surface area contributed by atoms with Crippen molar-refractivity contribution in [3.8, 4) is 0 Å². The van der Waals surface area contributed by atoms with E-state index in [9.17, 15) is 29.8 Å². The molecule has 30 heavy (non-hydrogen) atoms. The Hall–Kier alpha value is -4.34. The van der Waals surface area contributed by atoms with Crippen molar-refractivity contribution < 1.29 is 29.6 Å². The molecule has 0 saturated carbocycles. The summed E-state index contributed by atoms with van der Waals surface area (Å²) in [5.41, 5.74) is -0.291. The summed E-state index contributed by atoms with van der Waals surface area (Å²) in [6.45, 7) is 3.06. The Morgan fingerprint density at radius 2 is 1.03 bits per heavy atom. The van der Waals surface area contributed by atoms with E-state index < -0.39 is 21.8 Å². The molecule has 0 aliphatic heterocycles. The summed E-state index contributed by atoms with van der Waals surface area (Å²) < 4.78 is 0. The van der Waals surface area contributed by atoms with E-state index in [1.807, 2.05) is 0 Å². The van der Waals surface area contributed by atoms with Gasteiger partial charge in [-0.05, 0) is 26.0 Å². The van der Waals surface area contributed by atoms with Gasteiger partial charge in [0, 0.05) is 12.1 Å². The van der Waals surface area contributed by atoms with E-state index in [1.165, 1.54) is 62.4 Å². The van der Waals surface area contributed by atoms with E-state index in [1.54, 1.807) is 12.1 Å². The van der Waals surface area contributed by atoms with Crippen LogP contribution in [0.2, 0.25) is 0 Å². The van der Waals surface area contributed by atoms with Crippen molar-refractivity contribution in [2.24, 2.45) is 0 Å². The number of benzene rings is 2. The molecule has 0 aliphatic rings. The predicted octanol–water partition coefficient (Wildman–Crippen LogP) is 4.17. The Morgan fingerprint density at radius 1 is 0.733 bits per heavy atom. The molecule has 2 aromatic rings. The van der Waals surface area contributed by atoms with Gasteiger partial charge in [0.05, 0.1) is 32.1 Å².